The van der Waals surface area contributed by atoms with Crippen molar-refractivity contribution in [3.8, 4) is 0 Å². The number of aromatic nitrogens is 1. The van der Waals surface area contributed by atoms with Gasteiger partial charge in [-0.1, -0.05) is 23.5 Å². The van der Waals surface area contributed by atoms with Crippen molar-refractivity contribution < 1.29 is 9.72 Å². The molecule has 0 atom stereocenters. The van der Waals surface area contributed by atoms with Gasteiger partial charge in [-0.25, -0.2) is 4.98 Å². The first-order valence-electron chi connectivity index (χ1n) is 6.44. The van der Waals surface area contributed by atoms with Crippen LogP contribution in [0.2, 0.25) is 0 Å². The van der Waals surface area contributed by atoms with Gasteiger partial charge in [-0.15, -0.1) is 0 Å². The highest BCUT2D eigenvalue weighted by atomic mass is 32.1. The van der Waals surface area contributed by atoms with Crippen molar-refractivity contribution in [1.29, 1.82) is 0 Å². The number of fused-ring (bicyclic) bond motifs is 1. The Labute approximate surface area is 129 Å². The molecule has 0 saturated carbocycles. The number of benzene rings is 2. The number of hydrogen-bond acceptors (Lipinski definition) is 5. The van der Waals surface area contributed by atoms with E-state index in [9.17, 15) is 14.9 Å². The van der Waals surface area contributed by atoms with E-state index in [1.54, 1.807) is 7.05 Å². The minimum absolute atomic E-state index is 0.0424. The van der Waals surface area contributed by atoms with E-state index in [4.69, 9.17) is 0 Å². The second-order valence-corrected chi connectivity index (χ2v) is 5.64. The first-order valence-corrected chi connectivity index (χ1v) is 7.26. The highest BCUT2D eigenvalue weighted by Crippen LogP contribution is 2.28. The molecular weight excluding hydrogens is 302 g/mol. The number of anilines is 1. The lowest BCUT2D eigenvalue weighted by atomic mass is 10.2. The number of thiazole rings is 1. The molecule has 1 amide bonds. The van der Waals surface area contributed by atoms with Crippen molar-refractivity contribution in [3.05, 3.63) is 64.2 Å². The van der Waals surface area contributed by atoms with E-state index < -0.39 is 4.92 Å². The second-order valence-electron chi connectivity index (χ2n) is 4.63. The van der Waals surface area contributed by atoms with Crippen LogP contribution in [0.5, 0.6) is 0 Å². The van der Waals surface area contributed by atoms with E-state index in [1.165, 1.54) is 40.5 Å². The van der Waals surface area contributed by atoms with Gasteiger partial charge in [0.05, 0.1) is 15.1 Å². The van der Waals surface area contributed by atoms with Crippen molar-refractivity contribution >= 4 is 38.3 Å². The van der Waals surface area contributed by atoms with E-state index in [1.807, 2.05) is 24.3 Å². The Morgan fingerprint density at radius 3 is 2.50 bits per heavy atom. The lowest BCUT2D eigenvalue weighted by Crippen LogP contribution is -2.25. The third-order valence-corrected chi connectivity index (χ3v) is 4.31. The van der Waals surface area contributed by atoms with E-state index in [0.29, 0.717) is 10.7 Å². The van der Waals surface area contributed by atoms with Crippen LogP contribution >= 0.6 is 11.3 Å². The molecule has 0 saturated heterocycles. The largest absolute Gasteiger partial charge is 0.287 e. The Morgan fingerprint density at radius 2 is 1.86 bits per heavy atom. The molecule has 22 heavy (non-hydrogen) atoms. The molecule has 7 heteroatoms. The Bertz CT molecular complexity index is 825. The predicted molar refractivity (Wildman–Crippen MR) is 85.4 cm³/mol. The number of rotatable bonds is 3. The fourth-order valence-corrected chi connectivity index (χ4v) is 2.94. The van der Waals surface area contributed by atoms with Crippen LogP contribution in [0.4, 0.5) is 10.8 Å². The van der Waals surface area contributed by atoms with Gasteiger partial charge in [-0.3, -0.25) is 19.8 Å². The highest BCUT2D eigenvalue weighted by Gasteiger charge is 2.18. The monoisotopic (exact) mass is 313 g/mol. The van der Waals surface area contributed by atoms with Gasteiger partial charge in [-0.2, -0.15) is 0 Å². The molecule has 0 aliphatic heterocycles. The number of hydrogen-bond donors (Lipinski definition) is 0. The van der Waals surface area contributed by atoms with Gasteiger partial charge in [0.15, 0.2) is 5.13 Å². The molecule has 110 valence electrons. The molecule has 6 nitrogen and oxygen atoms in total. The highest BCUT2D eigenvalue weighted by molar-refractivity contribution is 7.22. The van der Waals surface area contributed by atoms with Gasteiger partial charge in [-0.05, 0) is 24.3 Å². The van der Waals surface area contributed by atoms with Crippen LogP contribution < -0.4 is 4.90 Å². The predicted octanol–water partition coefficient (Wildman–Crippen LogP) is 3.48. The number of carbonyl (C=O) groups is 1. The summed E-state index contributed by atoms with van der Waals surface area (Å²) in [6.07, 6.45) is 0. The van der Waals surface area contributed by atoms with E-state index in [0.717, 1.165) is 10.2 Å². The zero-order valence-corrected chi connectivity index (χ0v) is 12.4. The molecule has 0 bridgehead atoms. The van der Waals surface area contributed by atoms with Crippen molar-refractivity contribution in [2.75, 3.05) is 11.9 Å². The molecular formula is C15H11N3O3S. The molecule has 1 aromatic heterocycles. The summed E-state index contributed by atoms with van der Waals surface area (Å²) in [5.41, 5.74) is 1.18. The summed E-state index contributed by atoms with van der Waals surface area (Å²) in [7, 11) is 1.64. The first-order chi connectivity index (χ1) is 10.6. The zero-order valence-electron chi connectivity index (χ0n) is 11.6. The van der Waals surface area contributed by atoms with Crippen LogP contribution in [0.3, 0.4) is 0 Å². The molecule has 0 radical (unpaired) electrons. The zero-order chi connectivity index (χ0) is 15.7. The maximum atomic E-state index is 12.4. The molecule has 0 aliphatic carbocycles. The molecule has 0 unspecified atom stereocenters. The first kappa shape index (κ1) is 14.2. The topological polar surface area (TPSA) is 76.3 Å². The minimum Gasteiger partial charge on any atom is -0.287 e. The van der Waals surface area contributed by atoms with Gasteiger partial charge in [0.25, 0.3) is 11.6 Å². The normalized spacial score (nSPS) is 10.6. The number of nitro groups is 1. The quantitative estimate of drug-likeness (QED) is 0.548. The number of amides is 1. The maximum absolute atomic E-state index is 12.4. The summed E-state index contributed by atoms with van der Waals surface area (Å²) in [6.45, 7) is 0. The summed E-state index contributed by atoms with van der Waals surface area (Å²) in [6, 6.07) is 13.2. The summed E-state index contributed by atoms with van der Waals surface area (Å²) in [5, 5.41) is 11.2. The molecule has 1 heterocycles. The summed E-state index contributed by atoms with van der Waals surface area (Å²) in [4.78, 5) is 28.4. The van der Waals surface area contributed by atoms with Crippen molar-refractivity contribution in [2.45, 2.75) is 0 Å². The van der Waals surface area contributed by atoms with Crippen LogP contribution in [0.1, 0.15) is 10.4 Å². The number of nitro benzene ring substituents is 1. The Kier molecular flexibility index (Phi) is 3.56. The smallest absolute Gasteiger partial charge is 0.269 e. The van der Waals surface area contributed by atoms with Crippen molar-refractivity contribution in [3.63, 3.8) is 0 Å². The third kappa shape index (κ3) is 2.53. The third-order valence-electron chi connectivity index (χ3n) is 3.20. The Morgan fingerprint density at radius 1 is 1.18 bits per heavy atom. The summed E-state index contributed by atoms with van der Waals surface area (Å²) in [5.74, 6) is -0.256. The molecule has 3 rings (SSSR count). The van der Waals surface area contributed by atoms with Crippen molar-refractivity contribution in [1.82, 2.24) is 4.98 Å². The Balaban J connectivity index is 1.88. The van der Waals surface area contributed by atoms with E-state index in [2.05, 4.69) is 4.98 Å². The standard InChI is InChI=1S/C15H11N3O3S/c1-17(15-16-12-4-2-3-5-13(12)22-15)14(19)10-6-8-11(9-7-10)18(20)21/h2-9H,1H3. The molecule has 0 spiro atoms. The molecule has 3 aromatic rings. The summed E-state index contributed by atoms with van der Waals surface area (Å²) >= 11 is 1.42. The van der Waals surface area contributed by atoms with E-state index >= 15 is 0 Å². The lowest BCUT2D eigenvalue weighted by molar-refractivity contribution is -0.384. The maximum Gasteiger partial charge on any atom is 0.269 e. The fourth-order valence-electron chi connectivity index (χ4n) is 2.01. The number of carbonyl (C=O) groups excluding carboxylic acids is 1. The second kappa shape index (κ2) is 5.53. The SMILES string of the molecule is CN(C(=O)c1ccc([N+](=O)[O-])cc1)c1nc2ccccc2s1. The molecule has 0 aliphatic rings. The van der Waals surface area contributed by atoms with Gasteiger partial charge in [0, 0.05) is 24.7 Å². The van der Waals surface area contributed by atoms with Crippen LogP contribution in [-0.2, 0) is 0 Å². The number of para-hydroxylation sites is 1. The molecule has 0 N–H and O–H groups in total. The van der Waals surface area contributed by atoms with Crippen LogP contribution in [0, 0.1) is 10.1 Å². The van der Waals surface area contributed by atoms with Crippen molar-refractivity contribution in [2.24, 2.45) is 0 Å². The van der Waals surface area contributed by atoms with Gasteiger partial charge < -0.3 is 0 Å². The average molecular weight is 313 g/mol. The minimum atomic E-state index is -0.495. The molecule has 2 aromatic carbocycles. The number of non-ortho nitro benzene ring substituents is 1. The summed E-state index contributed by atoms with van der Waals surface area (Å²) < 4.78 is 1.00. The Hall–Kier alpha value is -2.80. The van der Waals surface area contributed by atoms with Gasteiger partial charge >= 0.3 is 0 Å². The number of nitrogens with zero attached hydrogens (tertiary/aromatic N) is 3. The van der Waals surface area contributed by atoms with Crippen LogP contribution in [-0.4, -0.2) is 22.9 Å². The van der Waals surface area contributed by atoms with Crippen LogP contribution in [0.15, 0.2) is 48.5 Å². The lowest BCUT2D eigenvalue weighted by Gasteiger charge is -2.13. The van der Waals surface area contributed by atoms with E-state index in [-0.39, 0.29) is 11.6 Å². The van der Waals surface area contributed by atoms with Gasteiger partial charge in [0.1, 0.15) is 0 Å². The van der Waals surface area contributed by atoms with Crippen LogP contribution in [0.25, 0.3) is 10.2 Å². The van der Waals surface area contributed by atoms with Gasteiger partial charge in [0.2, 0.25) is 0 Å². The fraction of sp³-hybridized carbons (Fsp3) is 0.0667. The molecule has 0 fully saturated rings. The average Bonchev–Trinajstić information content (AvgIpc) is 2.97.